The molecule has 0 spiro atoms. The van der Waals surface area contributed by atoms with Gasteiger partial charge in [-0.05, 0) is 12.8 Å². The predicted octanol–water partition coefficient (Wildman–Crippen LogP) is 6.02. The maximum absolute atomic E-state index is 8.58. The highest BCUT2D eigenvalue weighted by Crippen LogP contribution is 2.12. The lowest BCUT2D eigenvalue weighted by Crippen LogP contribution is -1.82. The van der Waals surface area contributed by atoms with E-state index in [0.29, 0.717) is 0 Å². The monoisotopic (exact) mass is 268 g/mol. The Morgan fingerprint density at radius 3 is 1.42 bits per heavy atom. The van der Waals surface area contributed by atoms with E-state index in [1.54, 1.807) is 0 Å². The molecular formula is C18H36O. The molecule has 1 nitrogen and oxygen atoms in total. The topological polar surface area (TPSA) is 20.2 Å². The van der Waals surface area contributed by atoms with Crippen LogP contribution in [0.2, 0.25) is 0 Å². The summed E-state index contributed by atoms with van der Waals surface area (Å²) in [6, 6.07) is 0. The summed E-state index contributed by atoms with van der Waals surface area (Å²) in [6.45, 7) is 2.47. The van der Waals surface area contributed by atoms with E-state index >= 15 is 0 Å². The number of allylic oxidation sites excluding steroid dienone is 1. The van der Waals surface area contributed by atoms with Crippen LogP contribution < -0.4 is 0 Å². The van der Waals surface area contributed by atoms with Gasteiger partial charge in [0.1, 0.15) is 0 Å². The normalized spacial score (nSPS) is 11.5. The Balaban J connectivity index is 2.93. The van der Waals surface area contributed by atoms with Crippen molar-refractivity contribution in [3.05, 3.63) is 12.2 Å². The minimum absolute atomic E-state index is 0.193. The summed E-state index contributed by atoms with van der Waals surface area (Å²) in [5.74, 6) is 0. The van der Waals surface area contributed by atoms with E-state index in [-0.39, 0.29) is 6.61 Å². The predicted molar refractivity (Wildman–Crippen MR) is 86.5 cm³/mol. The quantitative estimate of drug-likeness (QED) is 0.284. The van der Waals surface area contributed by atoms with Crippen LogP contribution in [0.4, 0.5) is 0 Å². The smallest absolute Gasteiger partial charge is 0.0612 e. The first-order valence-corrected chi connectivity index (χ1v) is 8.67. The molecule has 0 aliphatic carbocycles. The Morgan fingerprint density at radius 1 is 0.579 bits per heavy atom. The molecule has 19 heavy (non-hydrogen) atoms. The van der Waals surface area contributed by atoms with Crippen molar-refractivity contribution in [1.29, 1.82) is 0 Å². The van der Waals surface area contributed by atoms with Gasteiger partial charge in [0.2, 0.25) is 0 Å². The van der Waals surface area contributed by atoms with Crippen LogP contribution in [0.15, 0.2) is 12.2 Å². The standard InChI is InChI=1S/C18H36O/c1-2-3-4-5-6-7-8-9-10-11-12-13-14-15-16-17-18-19/h16-17,19H,2-15,18H2,1H3. The Kier molecular flexibility index (Phi) is 17.4. The summed E-state index contributed by atoms with van der Waals surface area (Å²) < 4.78 is 0. The third-order valence-electron chi connectivity index (χ3n) is 3.75. The van der Waals surface area contributed by atoms with Gasteiger partial charge in [-0.3, -0.25) is 0 Å². The van der Waals surface area contributed by atoms with Crippen LogP contribution in [-0.4, -0.2) is 11.7 Å². The Labute approximate surface area is 121 Å². The average molecular weight is 268 g/mol. The molecule has 0 rings (SSSR count). The van der Waals surface area contributed by atoms with Gasteiger partial charge in [0, 0.05) is 0 Å². The van der Waals surface area contributed by atoms with E-state index in [1.165, 1.54) is 83.5 Å². The van der Waals surface area contributed by atoms with Crippen molar-refractivity contribution in [1.82, 2.24) is 0 Å². The van der Waals surface area contributed by atoms with Gasteiger partial charge < -0.3 is 5.11 Å². The Hall–Kier alpha value is -0.300. The van der Waals surface area contributed by atoms with Crippen molar-refractivity contribution in [3.63, 3.8) is 0 Å². The van der Waals surface area contributed by atoms with E-state index < -0.39 is 0 Å². The van der Waals surface area contributed by atoms with Crippen LogP contribution in [0.5, 0.6) is 0 Å². The molecule has 0 aromatic rings. The first kappa shape index (κ1) is 18.7. The van der Waals surface area contributed by atoms with Crippen LogP contribution in [0.3, 0.4) is 0 Å². The molecule has 0 aromatic heterocycles. The fourth-order valence-corrected chi connectivity index (χ4v) is 2.47. The highest BCUT2D eigenvalue weighted by Gasteiger charge is 1.93. The van der Waals surface area contributed by atoms with Gasteiger partial charge in [-0.2, -0.15) is 0 Å². The number of hydrogen-bond acceptors (Lipinski definition) is 1. The lowest BCUT2D eigenvalue weighted by atomic mass is 10.0. The number of aliphatic hydroxyl groups is 1. The van der Waals surface area contributed by atoms with Gasteiger partial charge in [0.25, 0.3) is 0 Å². The maximum Gasteiger partial charge on any atom is 0.0612 e. The van der Waals surface area contributed by atoms with E-state index in [0.717, 1.165) is 6.42 Å². The van der Waals surface area contributed by atoms with Gasteiger partial charge in [-0.15, -0.1) is 0 Å². The summed E-state index contributed by atoms with van der Waals surface area (Å²) in [5, 5.41) is 8.58. The minimum Gasteiger partial charge on any atom is -0.392 e. The molecule has 0 aromatic carbocycles. The van der Waals surface area contributed by atoms with Gasteiger partial charge in [0.15, 0.2) is 0 Å². The van der Waals surface area contributed by atoms with Gasteiger partial charge in [-0.1, -0.05) is 96.1 Å². The van der Waals surface area contributed by atoms with Crippen molar-refractivity contribution >= 4 is 0 Å². The van der Waals surface area contributed by atoms with Gasteiger partial charge in [-0.25, -0.2) is 0 Å². The second-order valence-corrected chi connectivity index (χ2v) is 5.69. The first-order valence-electron chi connectivity index (χ1n) is 8.67. The number of unbranched alkanes of at least 4 members (excludes halogenated alkanes) is 13. The lowest BCUT2D eigenvalue weighted by molar-refractivity contribution is 0.342. The van der Waals surface area contributed by atoms with Gasteiger partial charge in [0.05, 0.1) is 6.61 Å². The molecule has 0 fully saturated rings. The molecule has 0 radical (unpaired) electrons. The summed E-state index contributed by atoms with van der Waals surface area (Å²) >= 11 is 0. The van der Waals surface area contributed by atoms with E-state index in [1.807, 2.05) is 6.08 Å². The van der Waals surface area contributed by atoms with Crippen LogP contribution in [-0.2, 0) is 0 Å². The average Bonchev–Trinajstić information content (AvgIpc) is 2.43. The van der Waals surface area contributed by atoms with Crippen LogP contribution in [0, 0.1) is 0 Å². The molecule has 0 unspecified atom stereocenters. The maximum atomic E-state index is 8.58. The SMILES string of the molecule is CCCCCCCCCCCCCCCC=CCO. The van der Waals surface area contributed by atoms with Crippen molar-refractivity contribution < 1.29 is 5.11 Å². The molecule has 0 aliphatic rings. The second-order valence-electron chi connectivity index (χ2n) is 5.69. The van der Waals surface area contributed by atoms with E-state index in [4.69, 9.17) is 5.11 Å². The van der Waals surface area contributed by atoms with Crippen LogP contribution >= 0.6 is 0 Å². The zero-order valence-corrected chi connectivity index (χ0v) is 13.2. The summed E-state index contributed by atoms with van der Waals surface area (Å²) in [7, 11) is 0. The Bertz CT molecular complexity index is 175. The first-order chi connectivity index (χ1) is 9.41. The second kappa shape index (κ2) is 17.7. The third-order valence-corrected chi connectivity index (χ3v) is 3.75. The van der Waals surface area contributed by atoms with Crippen molar-refractivity contribution in [2.24, 2.45) is 0 Å². The van der Waals surface area contributed by atoms with Crippen molar-refractivity contribution in [2.75, 3.05) is 6.61 Å². The molecule has 0 saturated heterocycles. The fourth-order valence-electron chi connectivity index (χ4n) is 2.47. The molecule has 1 heteroatoms. The molecule has 114 valence electrons. The van der Waals surface area contributed by atoms with Gasteiger partial charge >= 0.3 is 0 Å². The van der Waals surface area contributed by atoms with Crippen molar-refractivity contribution in [3.8, 4) is 0 Å². The highest BCUT2D eigenvalue weighted by molar-refractivity contribution is 4.80. The third kappa shape index (κ3) is 17.7. The summed E-state index contributed by atoms with van der Waals surface area (Å²) in [6.07, 6.45) is 23.4. The molecule has 0 heterocycles. The largest absolute Gasteiger partial charge is 0.392 e. The molecule has 0 atom stereocenters. The van der Waals surface area contributed by atoms with Crippen LogP contribution in [0.25, 0.3) is 0 Å². The van der Waals surface area contributed by atoms with Crippen molar-refractivity contribution in [2.45, 2.75) is 96.8 Å². The molecule has 0 amide bonds. The zero-order chi connectivity index (χ0) is 14.0. The molecule has 0 bridgehead atoms. The zero-order valence-electron chi connectivity index (χ0n) is 13.2. The lowest BCUT2D eigenvalue weighted by Gasteiger charge is -2.02. The number of aliphatic hydroxyl groups excluding tert-OH is 1. The highest BCUT2D eigenvalue weighted by atomic mass is 16.2. The van der Waals surface area contributed by atoms with Crippen LogP contribution in [0.1, 0.15) is 96.8 Å². The number of hydrogen-bond donors (Lipinski definition) is 1. The fraction of sp³-hybridized carbons (Fsp3) is 0.889. The number of rotatable bonds is 15. The molecular weight excluding hydrogens is 232 g/mol. The van der Waals surface area contributed by atoms with E-state index in [2.05, 4.69) is 13.0 Å². The van der Waals surface area contributed by atoms with E-state index in [9.17, 15) is 0 Å². The minimum atomic E-state index is 0.193. The summed E-state index contributed by atoms with van der Waals surface area (Å²) in [4.78, 5) is 0. The molecule has 0 saturated carbocycles. The molecule has 0 aliphatic heterocycles. The Morgan fingerprint density at radius 2 is 1.00 bits per heavy atom. The summed E-state index contributed by atoms with van der Waals surface area (Å²) in [5.41, 5.74) is 0. The molecule has 1 N–H and O–H groups in total.